The molecule has 0 aliphatic rings. The Kier molecular flexibility index (Phi) is 4.53. The summed E-state index contributed by atoms with van der Waals surface area (Å²) in [7, 11) is 1.56. The van der Waals surface area contributed by atoms with Gasteiger partial charge in [-0.3, -0.25) is 4.79 Å². The molecule has 24 heavy (non-hydrogen) atoms. The van der Waals surface area contributed by atoms with Crippen molar-refractivity contribution in [1.82, 2.24) is 9.78 Å². The summed E-state index contributed by atoms with van der Waals surface area (Å²) >= 11 is 6.11. The van der Waals surface area contributed by atoms with Crippen LogP contribution in [0.1, 0.15) is 15.9 Å². The summed E-state index contributed by atoms with van der Waals surface area (Å²) in [5, 5.41) is 7.49. The highest BCUT2D eigenvalue weighted by molar-refractivity contribution is 6.34. The predicted molar refractivity (Wildman–Crippen MR) is 94.3 cm³/mol. The molecule has 3 aromatic rings. The third-order valence-corrected chi connectivity index (χ3v) is 3.86. The molecule has 1 N–H and O–H groups in total. The van der Waals surface area contributed by atoms with Crippen LogP contribution < -0.4 is 10.1 Å². The van der Waals surface area contributed by atoms with Gasteiger partial charge in [-0.25, -0.2) is 4.68 Å². The number of methoxy groups -OCH3 is 1. The summed E-state index contributed by atoms with van der Waals surface area (Å²) in [6.07, 6.45) is 3.70. The number of hydrogen-bond donors (Lipinski definition) is 1. The molecule has 122 valence electrons. The van der Waals surface area contributed by atoms with Crippen molar-refractivity contribution in [2.45, 2.75) is 6.92 Å². The molecule has 6 heteroatoms. The number of aryl methyl sites for hydroxylation is 1. The lowest BCUT2D eigenvalue weighted by Crippen LogP contribution is -2.12. The van der Waals surface area contributed by atoms with Gasteiger partial charge in [0.25, 0.3) is 5.91 Å². The topological polar surface area (TPSA) is 56.1 Å². The SMILES string of the molecule is COc1ccc(Cl)c(NC(=O)c2ccc(-n3cc(C)cn3)cc2)c1. The van der Waals surface area contributed by atoms with E-state index in [0.717, 1.165) is 11.3 Å². The Bertz CT molecular complexity index is 872. The Hall–Kier alpha value is -2.79. The molecule has 1 aromatic heterocycles. The second kappa shape index (κ2) is 6.76. The molecule has 3 rings (SSSR count). The van der Waals surface area contributed by atoms with E-state index in [9.17, 15) is 4.79 Å². The van der Waals surface area contributed by atoms with Gasteiger partial charge in [0.1, 0.15) is 5.75 Å². The van der Waals surface area contributed by atoms with Gasteiger partial charge in [0, 0.05) is 17.8 Å². The summed E-state index contributed by atoms with van der Waals surface area (Å²) in [6, 6.07) is 12.3. The van der Waals surface area contributed by atoms with Crippen LogP contribution in [0.25, 0.3) is 5.69 Å². The smallest absolute Gasteiger partial charge is 0.255 e. The standard InChI is InChI=1S/C18H16ClN3O2/c1-12-10-20-22(11-12)14-5-3-13(4-6-14)18(23)21-17-9-15(24-2)7-8-16(17)19/h3-11H,1-2H3,(H,21,23). The van der Waals surface area contributed by atoms with Gasteiger partial charge in [0.2, 0.25) is 0 Å². The number of nitrogens with one attached hydrogen (secondary N) is 1. The fraction of sp³-hybridized carbons (Fsp3) is 0.111. The van der Waals surface area contributed by atoms with Crippen molar-refractivity contribution in [3.63, 3.8) is 0 Å². The number of aromatic nitrogens is 2. The van der Waals surface area contributed by atoms with E-state index < -0.39 is 0 Å². The van der Waals surface area contributed by atoms with Crippen LogP contribution in [-0.2, 0) is 0 Å². The number of hydrogen-bond acceptors (Lipinski definition) is 3. The molecule has 0 saturated carbocycles. The first kappa shape index (κ1) is 16.1. The van der Waals surface area contributed by atoms with E-state index in [1.54, 1.807) is 48.3 Å². The number of rotatable bonds is 4. The van der Waals surface area contributed by atoms with Gasteiger partial charge in [-0.2, -0.15) is 5.10 Å². The van der Waals surface area contributed by atoms with Crippen molar-refractivity contribution < 1.29 is 9.53 Å². The first-order valence-electron chi connectivity index (χ1n) is 7.33. The van der Waals surface area contributed by atoms with Crippen LogP contribution in [0.15, 0.2) is 54.9 Å². The Balaban J connectivity index is 1.78. The van der Waals surface area contributed by atoms with E-state index in [1.807, 2.05) is 25.3 Å². The Morgan fingerprint density at radius 2 is 1.96 bits per heavy atom. The normalized spacial score (nSPS) is 10.5. The van der Waals surface area contributed by atoms with E-state index in [2.05, 4.69) is 10.4 Å². The number of carbonyl (C=O) groups excluding carboxylic acids is 1. The molecule has 0 unspecified atom stereocenters. The van der Waals surface area contributed by atoms with E-state index in [4.69, 9.17) is 16.3 Å². The molecule has 2 aromatic carbocycles. The number of ether oxygens (including phenoxy) is 1. The number of carbonyl (C=O) groups is 1. The lowest BCUT2D eigenvalue weighted by atomic mass is 10.2. The predicted octanol–water partition coefficient (Wildman–Crippen LogP) is 4.10. The molecule has 1 heterocycles. The summed E-state index contributed by atoms with van der Waals surface area (Å²) in [4.78, 5) is 12.4. The molecule has 0 bridgehead atoms. The minimum atomic E-state index is -0.242. The summed E-state index contributed by atoms with van der Waals surface area (Å²) in [5.41, 5.74) is 3.00. The summed E-state index contributed by atoms with van der Waals surface area (Å²) < 4.78 is 6.90. The van der Waals surface area contributed by atoms with Crippen molar-refractivity contribution in [3.05, 3.63) is 71.0 Å². The molecule has 0 aliphatic heterocycles. The maximum Gasteiger partial charge on any atom is 0.255 e. The molecule has 0 saturated heterocycles. The monoisotopic (exact) mass is 341 g/mol. The number of benzene rings is 2. The molecule has 5 nitrogen and oxygen atoms in total. The zero-order valence-corrected chi connectivity index (χ0v) is 14.0. The number of halogens is 1. The molecule has 0 radical (unpaired) electrons. The molecule has 0 atom stereocenters. The van der Waals surface area contributed by atoms with Gasteiger partial charge in [0.05, 0.1) is 29.7 Å². The second-order valence-electron chi connectivity index (χ2n) is 5.31. The van der Waals surface area contributed by atoms with E-state index in [-0.39, 0.29) is 5.91 Å². The van der Waals surface area contributed by atoms with E-state index in [1.165, 1.54) is 0 Å². The minimum Gasteiger partial charge on any atom is -0.497 e. The van der Waals surface area contributed by atoms with Crippen molar-refractivity contribution >= 4 is 23.2 Å². The molecular formula is C18H16ClN3O2. The van der Waals surface area contributed by atoms with Crippen LogP contribution in [0, 0.1) is 6.92 Å². The van der Waals surface area contributed by atoms with Gasteiger partial charge in [-0.05, 0) is 48.9 Å². The van der Waals surface area contributed by atoms with Crippen molar-refractivity contribution in [2.75, 3.05) is 12.4 Å². The van der Waals surface area contributed by atoms with Gasteiger partial charge in [-0.15, -0.1) is 0 Å². The molecule has 0 aliphatic carbocycles. The Morgan fingerprint density at radius 1 is 1.21 bits per heavy atom. The minimum absolute atomic E-state index is 0.242. The first-order chi connectivity index (χ1) is 11.6. The van der Waals surface area contributed by atoms with Crippen molar-refractivity contribution in [1.29, 1.82) is 0 Å². The second-order valence-corrected chi connectivity index (χ2v) is 5.72. The Morgan fingerprint density at radius 3 is 2.58 bits per heavy atom. The maximum atomic E-state index is 12.4. The summed E-state index contributed by atoms with van der Waals surface area (Å²) in [5.74, 6) is 0.382. The largest absolute Gasteiger partial charge is 0.497 e. The van der Waals surface area contributed by atoms with E-state index >= 15 is 0 Å². The molecule has 0 spiro atoms. The third kappa shape index (κ3) is 3.41. The molecule has 0 fully saturated rings. The number of amides is 1. The van der Waals surface area contributed by atoms with Crippen molar-refractivity contribution in [2.24, 2.45) is 0 Å². The third-order valence-electron chi connectivity index (χ3n) is 3.53. The quantitative estimate of drug-likeness (QED) is 0.777. The number of anilines is 1. The number of nitrogens with zero attached hydrogens (tertiary/aromatic N) is 2. The maximum absolute atomic E-state index is 12.4. The van der Waals surface area contributed by atoms with Crippen LogP contribution in [0.2, 0.25) is 5.02 Å². The lowest BCUT2D eigenvalue weighted by molar-refractivity contribution is 0.102. The highest BCUT2D eigenvalue weighted by Gasteiger charge is 2.10. The van der Waals surface area contributed by atoms with Gasteiger partial charge in [0.15, 0.2) is 0 Å². The summed E-state index contributed by atoms with van der Waals surface area (Å²) in [6.45, 7) is 1.98. The average Bonchev–Trinajstić information content (AvgIpc) is 3.03. The van der Waals surface area contributed by atoms with Crippen LogP contribution >= 0.6 is 11.6 Å². The van der Waals surface area contributed by atoms with Crippen LogP contribution in [0.5, 0.6) is 5.75 Å². The lowest BCUT2D eigenvalue weighted by Gasteiger charge is -2.09. The highest BCUT2D eigenvalue weighted by Crippen LogP contribution is 2.27. The van der Waals surface area contributed by atoms with Crippen LogP contribution in [0.3, 0.4) is 0 Å². The highest BCUT2D eigenvalue weighted by atomic mass is 35.5. The fourth-order valence-corrected chi connectivity index (χ4v) is 2.41. The Labute approximate surface area is 144 Å². The fourth-order valence-electron chi connectivity index (χ4n) is 2.24. The van der Waals surface area contributed by atoms with Crippen LogP contribution in [-0.4, -0.2) is 22.8 Å². The van der Waals surface area contributed by atoms with E-state index in [0.29, 0.717) is 22.0 Å². The zero-order valence-electron chi connectivity index (χ0n) is 13.3. The zero-order chi connectivity index (χ0) is 17.1. The van der Waals surface area contributed by atoms with Gasteiger partial charge >= 0.3 is 0 Å². The first-order valence-corrected chi connectivity index (χ1v) is 7.71. The van der Waals surface area contributed by atoms with Crippen LogP contribution in [0.4, 0.5) is 5.69 Å². The van der Waals surface area contributed by atoms with Gasteiger partial charge < -0.3 is 10.1 Å². The average molecular weight is 342 g/mol. The molecule has 1 amide bonds. The molecular weight excluding hydrogens is 326 g/mol. The van der Waals surface area contributed by atoms with Gasteiger partial charge in [-0.1, -0.05) is 11.6 Å². The van der Waals surface area contributed by atoms with Crippen molar-refractivity contribution in [3.8, 4) is 11.4 Å².